The summed E-state index contributed by atoms with van der Waals surface area (Å²) in [6, 6.07) is 0. The van der Waals surface area contributed by atoms with Crippen LogP contribution in [-0.2, 0) is 11.8 Å². The summed E-state index contributed by atoms with van der Waals surface area (Å²) < 4.78 is 43.3. The minimum atomic E-state index is -4.31. The first-order valence-electron chi connectivity index (χ1n) is 7.30. The molecule has 0 unspecified atom stereocenters. The van der Waals surface area contributed by atoms with Gasteiger partial charge in [-0.3, -0.25) is 4.79 Å². The molecular weight excluding hydrogens is 299 g/mol. The molecule has 1 N–H and O–H groups in total. The van der Waals surface area contributed by atoms with E-state index in [2.05, 4.69) is 10.3 Å². The minimum Gasteiger partial charge on any atom is -0.368 e. The molecule has 8 heteroatoms. The van der Waals surface area contributed by atoms with Crippen LogP contribution >= 0.6 is 0 Å². The molecule has 1 heterocycles. The summed E-state index contributed by atoms with van der Waals surface area (Å²) in [6.07, 6.45) is 1.52. The van der Waals surface area contributed by atoms with Gasteiger partial charge in [0, 0.05) is 31.9 Å². The zero-order valence-electron chi connectivity index (χ0n) is 12.4. The van der Waals surface area contributed by atoms with Crippen LogP contribution in [0.25, 0.3) is 0 Å². The lowest BCUT2D eigenvalue weighted by Gasteiger charge is -2.32. The molecule has 1 aromatic rings. The summed E-state index contributed by atoms with van der Waals surface area (Å²) in [6.45, 7) is -0.839. The predicted octanol–water partition coefficient (Wildman–Crippen LogP) is 2.33. The summed E-state index contributed by atoms with van der Waals surface area (Å²) >= 11 is 0. The Morgan fingerprint density at radius 3 is 2.86 bits per heavy atom. The molecule has 124 valence electrons. The molecule has 1 aromatic heterocycles. The fraction of sp³-hybridized carbons (Fsp3) is 0.714. The van der Waals surface area contributed by atoms with Crippen LogP contribution in [0.15, 0.2) is 17.2 Å². The molecule has 0 saturated heterocycles. The second-order valence-corrected chi connectivity index (χ2v) is 5.58. The lowest BCUT2D eigenvalue weighted by atomic mass is 9.86. The smallest absolute Gasteiger partial charge is 0.368 e. The molecule has 1 aliphatic rings. The molecule has 0 bridgehead atoms. The van der Waals surface area contributed by atoms with E-state index in [1.165, 1.54) is 10.8 Å². The van der Waals surface area contributed by atoms with Crippen molar-refractivity contribution in [2.24, 2.45) is 13.0 Å². The van der Waals surface area contributed by atoms with Crippen LogP contribution in [0.3, 0.4) is 0 Å². The van der Waals surface area contributed by atoms with Gasteiger partial charge in [0.1, 0.15) is 6.61 Å². The van der Waals surface area contributed by atoms with Gasteiger partial charge < -0.3 is 14.6 Å². The summed E-state index contributed by atoms with van der Waals surface area (Å²) in [5.74, 6) is 0.160. The van der Waals surface area contributed by atoms with Gasteiger partial charge in [0.25, 0.3) is 5.56 Å². The van der Waals surface area contributed by atoms with Crippen LogP contribution in [0.5, 0.6) is 0 Å². The molecule has 1 saturated carbocycles. The quantitative estimate of drug-likeness (QED) is 0.905. The first-order chi connectivity index (χ1) is 10.4. The summed E-state index contributed by atoms with van der Waals surface area (Å²) in [7, 11) is 1.62. The number of aromatic nitrogens is 2. The van der Waals surface area contributed by atoms with E-state index >= 15 is 0 Å². The number of anilines is 1. The molecule has 0 aromatic carbocycles. The molecule has 1 fully saturated rings. The molecule has 0 spiro atoms. The zero-order valence-corrected chi connectivity index (χ0v) is 12.4. The number of nitrogens with zero attached hydrogens (tertiary/aromatic N) is 2. The van der Waals surface area contributed by atoms with Crippen molar-refractivity contribution in [2.45, 2.75) is 38.0 Å². The van der Waals surface area contributed by atoms with E-state index < -0.39 is 18.9 Å². The van der Waals surface area contributed by atoms with Crippen molar-refractivity contribution in [3.8, 4) is 0 Å². The zero-order chi connectivity index (χ0) is 16.2. The Morgan fingerprint density at radius 1 is 1.41 bits per heavy atom. The maximum absolute atomic E-state index is 12.3. The Bertz CT molecular complexity index is 545. The Labute approximate surface area is 126 Å². The molecule has 1 aliphatic carbocycles. The van der Waals surface area contributed by atoms with Crippen LogP contribution < -0.4 is 10.9 Å². The van der Waals surface area contributed by atoms with Gasteiger partial charge in [0.2, 0.25) is 0 Å². The predicted molar refractivity (Wildman–Crippen MR) is 75.7 cm³/mol. The van der Waals surface area contributed by atoms with Gasteiger partial charge in [-0.05, 0) is 12.8 Å². The number of hydrogen-bond donors (Lipinski definition) is 1. The number of ether oxygens (including phenoxy) is 1. The van der Waals surface area contributed by atoms with Gasteiger partial charge in [-0.25, -0.2) is 4.98 Å². The van der Waals surface area contributed by atoms with Gasteiger partial charge in [-0.15, -0.1) is 0 Å². The van der Waals surface area contributed by atoms with E-state index in [1.807, 2.05) is 0 Å². The lowest BCUT2D eigenvalue weighted by Crippen LogP contribution is -2.36. The van der Waals surface area contributed by atoms with Gasteiger partial charge in [0.05, 0.1) is 6.10 Å². The van der Waals surface area contributed by atoms with Crippen LogP contribution in [0, 0.1) is 5.92 Å². The van der Waals surface area contributed by atoms with Crippen molar-refractivity contribution in [1.29, 1.82) is 0 Å². The van der Waals surface area contributed by atoms with Crippen LogP contribution in [0.2, 0.25) is 0 Å². The topological polar surface area (TPSA) is 56.1 Å². The first kappa shape index (κ1) is 16.8. The van der Waals surface area contributed by atoms with E-state index in [-0.39, 0.29) is 17.3 Å². The van der Waals surface area contributed by atoms with Crippen molar-refractivity contribution in [2.75, 3.05) is 18.5 Å². The Hall–Kier alpha value is -1.57. The Morgan fingerprint density at radius 2 is 2.14 bits per heavy atom. The summed E-state index contributed by atoms with van der Waals surface area (Å²) in [4.78, 5) is 15.8. The number of aryl methyl sites for hydroxylation is 1. The van der Waals surface area contributed by atoms with Crippen molar-refractivity contribution in [3.63, 3.8) is 0 Å². The molecular formula is C14H20F3N3O2. The number of rotatable bonds is 5. The second-order valence-electron chi connectivity index (χ2n) is 5.58. The van der Waals surface area contributed by atoms with Gasteiger partial charge in [-0.2, -0.15) is 13.2 Å². The lowest BCUT2D eigenvalue weighted by molar-refractivity contribution is -0.192. The summed E-state index contributed by atoms with van der Waals surface area (Å²) in [5.41, 5.74) is -0.258. The Balaban J connectivity index is 1.94. The molecule has 2 rings (SSSR count). The second kappa shape index (κ2) is 7.13. The van der Waals surface area contributed by atoms with Gasteiger partial charge in [-0.1, -0.05) is 12.8 Å². The molecule has 0 amide bonds. The molecule has 2 atom stereocenters. The van der Waals surface area contributed by atoms with Gasteiger partial charge >= 0.3 is 6.18 Å². The number of hydrogen-bond acceptors (Lipinski definition) is 4. The van der Waals surface area contributed by atoms with E-state index in [4.69, 9.17) is 4.74 Å². The fourth-order valence-corrected chi connectivity index (χ4v) is 2.67. The highest BCUT2D eigenvalue weighted by Gasteiger charge is 2.33. The number of alkyl halides is 3. The number of nitrogens with one attached hydrogen (secondary N) is 1. The molecule has 0 aliphatic heterocycles. The molecule has 22 heavy (non-hydrogen) atoms. The highest BCUT2D eigenvalue weighted by atomic mass is 19.4. The van der Waals surface area contributed by atoms with E-state index in [1.54, 1.807) is 13.2 Å². The number of halogens is 3. The van der Waals surface area contributed by atoms with Crippen molar-refractivity contribution in [1.82, 2.24) is 9.55 Å². The van der Waals surface area contributed by atoms with Crippen molar-refractivity contribution < 1.29 is 17.9 Å². The summed E-state index contributed by atoms with van der Waals surface area (Å²) in [5, 5.41) is 2.94. The van der Waals surface area contributed by atoms with E-state index in [0.717, 1.165) is 19.3 Å². The van der Waals surface area contributed by atoms with Crippen molar-refractivity contribution in [3.05, 3.63) is 22.7 Å². The average molecular weight is 319 g/mol. The third-order valence-electron chi connectivity index (χ3n) is 3.85. The van der Waals surface area contributed by atoms with E-state index in [9.17, 15) is 18.0 Å². The normalized spacial score (nSPS) is 22.5. The molecule has 0 radical (unpaired) electrons. The van der Waals surface area contributed by atoms with Crippen LogP contribution in [-0.4, -0.2) is 35.0 Å². The first-order valence-corrected chi connectivity index (χ1v) is 7.30. The highest BCUT2D eigenvalue weighted by molar-refractivity contribution is 5.30. The Kier molecular flexibility index (Phi) is 5.44. The van der Waals surface area contributed by atoms with Crippen LogP contribution in [0.4, 0.5) is 19.0 Å². The van der Waals surface area contributed by atoms with E-state index in [0.29, 0.717) is 13.0 Å². The average Bonchev–Trinajstić information content (AvgIpc) is 2.47. The van der Waals surface area contributed by atoms with Crippen LogP contribution in [0.1, 0.15) is 25.7 Å². The third kappa shape index (κ3) is 4.72. The van der Waals surface area contributed by atoms with Gasteiger partial charge in [0.15, 0.2) is 5.82 Å². The monoisotopic (exact) mass is 319 g/mol. The largest absolute Gasteiger partial charge is 0.411 e. The standard InChI is InChI=1S/C14H20F3N3O2/c1-20-7-6-18-12(13(20)21)19-8-10-4-2-3-5-11(10)22-9-14(15,16)17/h6-7,10-11H,2-5,8-9H2,1H3,(H,18,19)/t10-,11+/m0/s1. The third-order valence-corrected chi connectivity index (χ3v) is 3.85. The minimum absolute atomic E-state index is 0.0530. The van der Waals surface area contributed by atoms with Crippen molar-refractivity contribution >= 4 is 5.82 Å². The highest BCUT2D eigenvalue weighted by Crippen LogP contribution is 2.28. The molecule has 5 nitrogen and oxygen atoms in total. The maximum Gasteiger partial charge on any atom is 0.411 e. The SMILES string of the molecule is Cn1ccnc(NC[C@@H]2CCCC[C@H]2OCC(F)(F)F)c1=O. The fourth-order valence-electron chi connectivity index (χ4n) is 2.67. The maximum atomic E-state index is 12.3.